The summed E-state index contributed by atoms with van der Waals surface area (Å²) in [6.45, 7) is 4.49. The van der Waals surface area contributed by atoms with E-state index >= 15 is 0 Å². The van der Waals surface area contributed by atoms with Crippen LogP contribution in [0, 0.1) is 0 Å². The fourth-order valence-corrected chi connectivity index (χ4v) is 2.99. The summed E-state index contributed by atoms with van der Waals surface area (Å²) in [5, 5.41) is 4.53. The SMILES string of the molecule is CCC(C(C)N1CC(=O)NC(=O)C1)N1CC(=O)NC(=O)C1. The summed E-state index contributed by atoms with van der Waals surface area (Å²) in [7, 11) is 0. The highest BCUT2D eigenvalue weighted by molar-refractivity contribution is 6.00. The van der Waals surface area contributed by atoms with E-state index in [1.165, 1.54) is 0 Å². The molecule has 0 saturated carbocycles. The maximum Gasteiger partial charge on any atom is 0.240 e. The summed E-state index contributed by atoms with van der Waals surface area (Å²) in [5.41, 5.74) is 0. The molecule has 2 N–H and O–H groups in total. The third kappa shape index (κ3) is 3.64. The van der Waals surface area contributed by atoms with Crippen molar-refractivity contribution in [3.05, 3.63) is 0 Å². The van der Waals surface area contributed by atoms with Crippen molar-refractivity contribution in [2.24, 2.45) is 0 Å². The number of piperazine rings is 2. The molecule has 8 nitrogen and oxygen atoms in total. The van der Waals surface area contributed by atoms with Gasteiger partial charge in [-0.05, 0) is 13.3 Å². The number of carbonyl (C=O) groups is 4. The summed E-state index contributed by atoms with van der Waals surface area (Å²) in [5.74, 6) is -1.27. The Morgan fingerprint density at radius 3 is 1.62 bits per heavy atom. The van der Waals surface area contributed by atoms with Gasteiger partial charge in [-0.1, -0.05) is 6.92 Å². The molecule has 2 atom stereocenters. The molecule has 4 amide bonds. The van der Waals surface area contributed by atoms with Gasteiger partial charge in [-0.2, -0.15) is 0 Å². The van der Waals surface area contributed by atoms with Gasteiger partial charge in [-0.3, -0.25) is 39.6 Å². The molecule has 2 unspecified atom stereocenters. The van der Waals surface area contributed by atoms with Crippen LogP contribution in [0.3, 0.4) is 0 Å². The van der Waals surface area contributed by atoms with Crippen LogP contribution < -0.4 is 10.6 Å². The van der Waals surface area contributed by atoms with Crippen molar-refractivity contribution in [2.75, 3.05) is 26.2 Å². The van der Waals surface area contributed by atoms with E-state index < -0.39 is 0 Å². The molecule has 116 valence electrons. The molecule has 2 aliphatic heterocycles. The number of imide groups is 2. The maximum absolute atomic E-state index is 11.5. The molecular formula is C13H20N4O4. The molecule has 2 fully saturated rings. The monoisotopic (exact) mass is 296 g/mol. The van der Waals surface area contributed by atoms with E-state index in [4.69, 9.17) is 0 Å². The topological polar surface area (TPSA) is 98.8 Å². The Hall–Kier alpha value is -1.80. The van der Waals surface area contributed by atoms with Crippen LogP contribution in [-0.2, 0) is 19.2 Å². The van der Waals surface area contributed by atoms with Crippen LogP contribution in [0.1, 0.15) is 20.3 Å². The van der Waals surface area contributed by atoms with Crippen molar-refractivity contribution in [3.63, 3.8) is 0 Å². The Morgan fingerprint density at radius 1 is 0.857 bits per heavy atom. The molecular weight excluding hydrogens is 276 g/mol. The Bertz CT molecular complexity index is 447. The average Bonchev–Trinajstić information content (AvgIpc) is 2.37. The van der Waals surface area contributed by atoms with Gasteiger partial charge in [-0.15, -0.1) is 0 Å². The van der Waals surface area contributed by atoms with Gasteiger partial charge in [0.2, 0.25) is 23.6 Å². The predicted octanol–water partition coefficient (Wildman–Crippen LogP) is -1.93. The van der Waals surface area contributed by atoms with Crippen LogP contribution in [-0.4, -0.2) is 71.7 Å². The minimum absolute atomic E-state index is 0.0706. The van der Waals surface area contributed by atoms with E-state index in [-0.39, 0.29) is 61.9 Å². The second-order valence-electron chi connectivity index (χ2n) is 5.47. The van der Waals surface area contributed by atoms with Crippen LogP contribution in [0.15, 0.2) is 0 Å². The molecule has 0 aromatic heterocycles. The number of nitrogens with one attached hydrogen (secondary N) is 2. The number of amides is 4. The molecule has 0 radical (unpaired) electrons. The van der Waals surface area contributed by atoms with Gasteiger partial charge in [0.1, 0.15) is 0 Å². The number of nitrogens with zero attached hydrogens (tertiary/aromatic N) is 2. The van der Waals surface area contributed by atoms with E-state index in [9.17, 15) is 19.2 Å². The normalized spacial score (nSPS) is 24.5. The third-order valence-corrected chi connectivity index (χ3v) is 3.96. The summed E-state index contributed by atoms with van der Waals surface area (Å²) in [6, 6.07) is -0.178. The lowest BCUT2D eigenvalue weighted by molar-refractivity contribution is -0.142. The maximum atomic E-state index is 11.5. The van der Waals surface area contributed by atoms with E-state index in [1.54, 1.807) is 4.90 Å². The lowest BCUT2D eigenvalue weighted by Crippen LogP contribution is -2.62. The molecule has 0 bridgehead atoms. The third-order valence-electron chi connectivity index (χ3n) is 3.96. The highest BCUT2D eigenvalue weighted by Crippen LogP contribution is 2.16. The Morgan fingerprint density at radius 2 is 1.24 bits per heavy atom. The van der Waals surface area contributed by atoms with E-state index in [2.05, 4.69) is 10.6 Å². The van der Waals surface area contributed by atoms with Gasteiger partial charge in [0, 0.05) is 12.1 Å². The molecule has 0 aromatic rings. The van der Waals surface area contributed by atoms with Crippen molar-refractivity contribution in [3.8, 4) is 0 Å². The number of carbonyl (C=O) groups excluding carboxylic acids is 4. The zero-order valence-corrected chi connectivity index (χ0v) is 12.2. The molecule has 2 heterocycles. The van der Waals surface area contributed by atoms with Gasteiger partial charge >= 0.3 is 0 Å². The Labute approximate surface area is 122 Å². The molecule has 0 aromatic carbocycles. The van der Waals surface area contributed by atoms with E-state index in [1.807, 2.05) is 18.7 Å². The van der Waals surface area contributed by atoms with Gasteiger partial charge in [0.05, 0.1) is 26.2 Å². The number of hydrogen-bond acceptors (Lipinski definition) is 6. The minimum atomic E-state index is -0.319. The molecule has 2 aliphatic rings. The van der Waals surface area contributed by atoms with Gasteiger partial charge in [0.15, 0.2) is 0 Å². The van der Waals surface area contributed by atoms with Gasteiger partial charge in [0.25, 0.3) is 0 Å². The molecule has 0 spiro atoms. The van der Waals surface area contributed by atoms with Crippen molar-refractivity contribution in [1.29, 1.82) is 0 Å². The minimum Gasteiger partial charge on any atom is -0.294 e. The Balaban J connectivity index is 2.08. The highest BCUT2D eigenvalue weighted by atomic mass is 16.2. The van der Waals surface area contributed by atoms with Crippen molar-refractivity contribution in [2.45, 2.75) is 32.4 Å². The van der Waals surface area contributed by atoms with Crippen molar-refractivity contribution in [1.82, 2.24) is 20.4 Å². The van der Waals surface area contributed by atoms with Crippen molar-refractivity contribution < 1.29 is 19.2 Å². The average molecular weight is 296 g/mol. The fraction of sp³-hybridized carbons (Fsp3) is 0.692. The van der Waals surface area contributed by atoms with Crippen LogP contribution in [0.5, 0.6) is 0 Å². The fourth-order valence-electron chi connectivity index (χ4n) is 2.99. The lowest BCUT2D eigenvalue weighted by atomic mass is 10.0. The summed E-state index contributed by atoms with van der Waals surface area (Å²) in [4.78, 5) is 49.5. The zero-order valence-electron chi connectivity index (χ0n) is 12.2. The number of hydrogen-bond donors (Lipinski definition) is 2. The molecule has 8 heteroatoms. The van der Waals surface area contributed by atoms with Crippen LogP contribution in [0.25, 0.3) is 0 Å². The summed E-state index contributed by atoms with van der Waals surface area (Å²) < 4.78 is 0. The zero-order chi connectivity index (χ0) is 15.6. The Kier molecular flexibility index (Phi) is 4.69. The first-order chi connectivity index (χ1) is 9.90. The van der Waals surface area contributed by atoms with Crippen molar-refractivity contribution >= 4 is 23.6 Å². The molecule has 2 rings (SSSR count). The van der Waals surface area contributed by atoms with Gasteiger partial charge < -0.3 is 0 Å². The predicted molar refractivity (Wildman–Crippen MR) is 73.0 cm³/mol. The first-order valence-corrected chi connectivity index (χ1v) is 7.04. The molecule has 21 heavy (non-hydrogen) atoms. The highest BCUT2D eigenvalue weighted by Gasteiger charge is 2.35. The van der Waals surface area contributed by atoms with Crippen LogP contribution >= 0.6 is 0 Å². The lowest BCUT2D eigenvalue weighted by Gasteiger charge is -2.41. The largest absolute Gasteiger partial charge is 0.294 e. The molecule has 0 aliphatic carbocycles. The quantitative estimate of drug-likeness (QED) is 0.586. The second kappa shape index (κ2) is 6.31. The first kappa shape index (κ1) is 15.6. The van der Waals surface area contributed by atoms with Crippen LogP contribution in [0.4, 0.5) is 0 Å². The van der Waals surface area contributed by atoms with Crippen LogP contribution in [0.2, 0.25) is 0 Å². The standard InChI is InChI=1S/C13H20N4O4/c1-3-9(17-6-12(20)15-13(21)7-17)8(2)16-4-10(18)14-11(19)5-16/h8-9H,3-7H2,1-2H3,(H,14,18,19)(H,15,20,21). The van der Waals surface area contributed by atoms with Gasteiger partial charge in [-0.25, -0.2) is 0 Å². The summed E-state index contributed by atoms with van der Waals surface area (Å²) >= 11 is 0. The second-order valence-corrected chi connectivity index (χ2v) is 5.47. The summed E-state index contributed by atoms with van der Waals surface area (Å²) in [6.07, 6.45) is 0.716. The first-order valence-electron chi connectivity index (χ1n) is 7.04. The smallest absolute Gasteiger partial charge is 0.240 e. The molecule has 2 saturated heterocycles. The van der Waals surface area contributed by atoms with E-state index in [0.717, 1.165) is 0 Å². The number of rotatable bonds is 4. The van der Waals surface area contributed by atoms with E-state index in [0.29, 0.717) is 6.42 Å².